The lowest BCUT2D eigenvalue weighted by Gasteiger charge is -2.19. The molecule has 0 rings (SSSR count). The monoisotopic (exact) mass is 234 g/mol. The van der Waals surface area contributed by atoms with Gasteiger partial charge in [-0.15, -0.1) is 0 Å². The van der Waals surface area contributed by atoms with Crippen molar-refractivity contribution < 1.29 is 38.9 Å². The van der Waals surface area contributed by atoms with E-state index in [4.69, 9.17) is 10.2 Å². The molecule has 0 aromatic carbocycles. The predicted octanol–water partition coefficient (Wildman–Crippen LogP) is -1.12. The number of carboxylic acids is 2. The zero-order valence-electron chi connectivity index (χ0n) is 8.07. The maximum absolute atomic E-state index is 10.7. The molecule has 0 amide bonds. The van der Waals surface area contributed by atoms with E-state index in [1.54, 1.807) is 0 Å². The highest BCUT2D eigenvalue weighted by molar-refractivity contribution is 5.78. The smallest absolute Gasteiger partial charge is 0.311 e. The summed E-state index contributed by atoms with van der Waals surface area (Å²) in [6.07, 6.45) is -2.06. The van der Waals surface area contributed by atoms with Crippen molar-refractivity contribution in [3.8, 4) is 0 Å². The predicted molar refractivity (Wildman–Crippen MR) is 46.3 cm³/mol. The van der Waals surface area contributed by atoms with Gasteiger partial charge < -0.3 is 19.7 Å². The topological polar surface area (TPSA) is 127 Å². The first-order chi connectivity index (χ1) is 7.52. The summed E-state index contributed by atoms with van der Waals surface area (Å²) in [6.45, 7) is -0.496. The molecular formula is C8H10O8. The van der Waals surface area contributed by atoms with E-state index >= 15 is 0 Å². The van der Waals surface area contributed by atoms with Crippen molar-refractivity contribution >= 4 is 24.9 Å². The fourth-order valence-electron chi connectivity index (χ4n) is 1.02. The summed E-state index contributed by atoms with van der Waals surface area (Å²) in [5, 5.41) is 17.2. The summed E-state index contributed by atoms with van der Waals surface area (Å²) < 4.78 is 8.60. The van der Waals surface area contributed by atoms with Gasteiger partial charge >= 0.3 is 11.9 Å². The van der Waals surface area contributed by atoms with Crippen molar-refractivity contribution in [3.63, 3.8) is 0 Å². The summed E-state index contributed by atoms with van der Waals surface area (Å²) in [7, 11) is 0. The van der Waals surface area contributed by atoms with Crippen LogP contribution in [0.15, 0.2) is 0 Å². The number of hydrogen-bond acceptors (Lipinski definition) is 6. The molecule has 0 aromatic heterocycles. The van der Waals surface area contributed by atoms with Crippen molar-refractivity contribution in [2.75, 3.05) is 6.61 Å². The summed E-state index contributed by atoms with van der Waals surface area (Å²) in [5.74, 6) is -4.29. The third-order valence-electron chi connectivity index (χ3n) is 1.72. The number of ether oxygens (including phenoxy) is 2. The maximum atomic E-state index is 10.7. The van der Waals surface area contributed by atoms with Gasteiger partial charge in [-0.1, -0.05) is 0 Å². The number of carboxylic acid groups (broad SMARTS) is 2. The third-order valence-corrected chi connectivity index (χ3v) is 1.72. The van der Waals surface area contributed by atoms with Crippen LogP contribution in [0.5, 0.6) is 0 Å². The van der Waals surface area contributed by atoms with Crippen LogP contribution < -0.4 is 0 Å². The molecule has 0 fully saturated rings. The van der Waals surface area contributed by atoms with Crippen LogP contribution in [-0.4, -0.2) is 47.8 Å². The van der Waals surface area contributed by atoms with E-state index in [0.717, 1.165) is 0 Å². The van der Waals surface area contributed by atoms with E-state index in [0.29, 0.717) is 0 Å². The van der Waals surface area contributed by atoms with E-state index in [1.807, 2.05) is 0 Å². The Kier molecular flexibility index (Phi) is 6.25. The first kappa shape index (κ1) is 13.9. The normalized spacial score (nSPS) is 13.2. The minimum atomic E-state index is -1.47. The Hall–Kier alpha value is -2.12. The highest BCUT2D eigenvalue weighted by Crippen LogP contribution is 2.13. The zero-order valence-corrected chi connectivity index (χ0v) is 8.07. The van der Waals surface area contributed by atoms with E-state index in [1.165, 1.54) is 0 Å². The molecule has 16 heavy (non-hydrogen) atoms. The molecule has 90 valence electrons. The van der Waals surface area contributed by atoms with Crippen LogP contribution in [-0.2, 0) is 28.7 Å². The van der Waals surface area contributed by atoms with Gasteiger partial charge in [-0.3, -0.25) is 19.2 Å². The van der Waals surface area contributed by atoms with Crippen molar-refractivity contribution in [1.82, 2.24) is 0 Å². The Balaban J connectivity index is 4.62. The van der Waals surface area contributed by atoms with Crippen molar-refractivity contribution in [2.24, 2.45) is 5.92 Å². The number of carbonyl (C=O) groups excluding carboxylic acids is 2. The fraction of sp³-hybridized carbons (Fsp3) is 0.500. The van der Waals surface area contributed by atoms with Gasteiger partial charge in [-0.25, -0.2) is 0 Å². The number of aliphatic carboxylic acids is 2. The van der Waals surface area contributed by atoms with Crippen LogP contribution in [0.4, 0.5) is 0 Å². The molecule has 0 saturated carbocycles. The van der Waals surface area contributed by atoms with E-state index in [2.05, 4.69) is 9.47 Å². The first-order valence-electron chi connectivity index (χ1n) is 4.11. The molecule has 8 nitrogen and oxygen atoms in total. The molecular weight excluding hydrogens is 224 g/mol. The molecule has 2 atom stereocenters. The standard InChI is InChI=1S/C8H10O8/c9-3-15-2-6(16-4-10)5(8(13)14)1-7(11)12/h3-6H,1-2H2,(H,11,12)(H,13,14). The van der Waals surface area contributed by atoms with Gasteiger partial charge in [0.1, 0.15) is 18.6 Å². The second kappa shape index (κ2) is 7.21. The van der Waals surface area contributed by atoms with Gasteiger partial charge in [-0.2, -0.15) is 0 Å². The third kappa shape index (κ3) is 4.94. The Morgan fingerprint density at radius 2 is 1.81 bits per heavy atom. The van der Waals surface area contributed by atoms with Crippen LogP contribution in [0.1, 0.15) is 6.42 Å². The van der Waals surface area contributed by atoms with Crippen LogP contribution in [0.3, 0.4) is 0 Å². The minimum absolute atomic E-state index is 0.0311. The quantitative estimate of drug-likeness (QED) is 0.480. The highest BCUT2D eigenvalue weighted by Gasteiger charge is 2.32. The van der Waals surface area contributed by atoms with Crippen LogP contribution >= 0.6 is 0 Å². The molecule has 0 bridgehead atoms. The minimum Gasteiger partial charge on any atom is -0.481 e. The second-order valence-corrected chi connectivity index (χ2v) is 2.74. The number of hydrogen-bond donors (Lipinski definition) is 2. The molecule has 0 aliphatic heterocycles. The van der Waals surface area contributed by atoms with E-state index < -0.39 is 37.0 Å². The summed E-state index contributed by atoms with van der Waals surface area (Å²) in [4.78, 5) is 41.1. The Labute approximate surface area is 89.8 Å². The van der Waals surface area contributed by atoms with Gasteiger partial charge in [0.15, 0.2) is 0 Å². The lowest BCUT2D eigenvalue weighted by molar-refractivity contribution is -0.161. The molecule has 0 spiro atoms. The largest absolute Gasteiger partial charge is 0.481 e. The summed E-state index contributed by atoms with van der Waals surface area (Å²) >= 11 is 0. The van der Waals surface area contributed by atoms with E-state index in [9.17, 15) is 19.2 Å². The lowest BCUT2D eigenvalue weighted by Crippen LogP contribution is -2.35. The van der Waals surface area contributed by atoms with Crippen LogP contribution in [0, 0.1) is 5.92 Å². The average Bonchev–Trinajstić information content (AvgIpc) is 2.20. The summed E-state index contributed by atoms with van der Waals surface area (Å²) in [5.41, 5.74) is 0. The Morgan fingerprint density at radius 3 is 2.19 bits per heavy atom. The molecule has 0 heterocycles. The maximum Gasteiger partial charge on any atom is 0.311 e. The molecule has 0 aliphatic rings. The lowest BCUT2D eigenvalue weighted by atomic mass is 9.99. The molecule has 0 aliphatic carbocycles. The highest BCUT2D eigenvalue weighted by atomic mass is 16.6. The van der Waals surface area contributed by atoms with Gasteiger partial charge in [0.05, 0.1) is 6.42 Å². The number of rotatable bonds is 9. The molecule has 0 radical (unpaired) electrons. The average molecular weight is 234 g/mol. The molecule has 8 heteroatoms. The van der Waals surface area contributed by atoms with Crippen molar-refractivity contribution in [2.45, 2.75) is 12.5 Å². The van der Waals surface area contributed by atoms with Gasteiger partial charge in [0.25, 0.3) is 12.9 Å². The SMILES string of the molecule is O=COCC(OC=O)C(CC(=O)O)C(=O)O. The fourth-order valence-corrected chi connectivity index (χ4v) is 1.02. The van der Waals surface area contributed by atoms with Crippen molar-refractivity contribution in [3.05, 3.63) is 0 Å². The summed E-state index contributed by atoms with van der Waals surface area (Å²) in [6, 6.07) is 0. The molecule has 0 saturated heterocycles. The zero-order chi connectivity index (χ0) is 12.6. The van der Waals surface area contributed by atoms with Crippen LogP contribution in [0.2, 0.25) is 0 Å². The van der Waals surface area contributed by atoms with Gasteiger partial charge in [0, 0.05) is 0 Å². The number of carbonyl (C=O) groups is 4. The first-order valence-corrected chi connectivity index (χ1v) is 4.11. The van der Waals surface area contributed by atoms with Gasteiger partial charge in [-0.05, 0) is 0 Å². The Morgan fingerprint density at radius 1 is 1.19 bits per heavy atom. The second-order valence-electron chi connectivity index (χ2n) is 2.74. The van der Waals surface area contributed by atoms with E-state index in [-0.39, 0.29) is 12.9 Å². The molecule has 0 aromatic rings. The van der Waals surface area contributed by atoms with Gasteiger partial charge in [0.2, 0.25) is 0 Å². The van der Waals surface area contributed by atoms with Crippen molar-refractivity contribution in [1.29, 1.82) is 0 Å². The molecule has 2 N–H and O–H groups in total. The van der Waals surface area contributed by atoms with Crippen LogP contribution in [0.25, 0.3) is 0 Å². The molecule has 2 unspecified atom stereocenters. The Bertz CT molecular complexity index is 273.